The molecule has 2 aliphatic rings. The molecule has 1 spiro atoms. The molecule has 3 rings (SSSR count). The largest absolute Gasteiger partial charge is 0.349 e. The summed E-state index contributed by atoms with van der Waals surface area (Å²) in [6, 6.07) is 8.01. The van der Waals surface area contributed by atoms with Gasteiger partial charge in [0.2, 0.25) is 5.91 Å². The molecule has 0 bridgehead atoms. The number of aryl methyl sites for hydroxylation is 1. The quantitative estimate of drug-likeness (QED) is 0.654. The maximum absolute atomic E-state index is 12.7. The van der Waals surface area contributed by atoms with Crippen LogP contribution in [0.1, 0.15) is 76.5 Å². The number of carbonyl (C=O) groups is 3. The summed E-state index contributed by atoms with van der Waals surface area (Å²) in [6.45, 7) is 6.59. The van der Waals surface area contributed by atoms with Crippen molar-refractivity contribution < 1.29 is 14.4 Å². The van der Waals surface area contributed by atoms with Crippen molar-refractivity contribution in [2.45, 2.75) is 77.3 Å². The average Bonchev–Trinajstić information content (AvgIpc) is 3.26. The van der Waals surface area contributed by atoms with E-state index in [0.717, 1.165) is 37.7 Å². The second kappa shape index (κ2) is 8.97. The molecule has 6 nitrogen and oxygen atoms in total. The van der Waals surface area contributed by atoms with Crippen molar-refractivity contribution in [1.82, 2.24) is 15.5 Å². The minimum Gasteiger partial charge on any atom is -0.349 e. The van der Waals surface area contributed by atoms with Crippen molar-refractivity contribution in [3.8, 4) is 0 Å². The summed E-state index contributed by atoms with van der Waals surface area (Å²) >= 11 is 0. The lowest BCUT2D eigenvalue weighted by Gasteiger charge is -2.23. The van der Waals surface area contributed by atoms with Crippen LogP contribution in [0.3, 0.4) is 0 Å². The Morgan fingerprint density at radius 3 is 2.41 bits per heavy atom. The molecule has 1 atom stereocenters. The maximum Gasteiger partial charge on any atom is 0.325 e. The van der Waals surface area contributed by atoms with Gasteiger partial charge in [0.25, 0.3) is 5.91 Å². The average molecular weight is 400 g/mol. The molecule has 1 aromatic carbocycles. The van der Waals surface area contributed by atoms with Gasteiger partial charge in [-0.15, -0.1) is 0 Å². The van der Waals surface area contributed by atoms with Gasteiger partial charge in [0, 0.05) is 13.0 Å². The molecule has 1 aliphatic carbocycles. The van der Waals surface area contributed by atoms with Crippen LogP contribution in [0.25, 0.3) is 0 Å². The van der Waals surface area contributed by atoms with Crippen LogP contribution in [0.2, 0.25) is 0 Å². The van der Waals surface area contributed by atoms with Crippen LogP contribution in [0, 0.1) is 5.92 Å². The molecule has 0 aromatic heterocycles. The summed E-state index contributed by atoms with van der Waals surface area (Å²) in [4.78, 5) is 38.7. The summed E-state index contributed by atoms with van der Waals surface area (Å²) in [5, 5.41) is 6.01. The Bertz CT molecular complexity index is 751. The van der Waals surface area contributed by atoms with Crippen molar-refractivity contribution in [1.29, 1.82) is 0 Å². The van der Waals surface area contributed by atoms with Gasteiger partial charge < -0.3 is 10.6 Å². The number of benzene rings is 1. The zero-order valence-electron chi connectivity index (χ0n) is 17.8. The Labute approximate surface area is 173 Å². The number of rotatable bonds is 8. The van der Waals surface area contributed by atoms with Crippen molar-refractivity contribution in [2.24, 2.45) is 5.92 Å². The Morgan fingerprint density at radius 2 is 1.83 bits per heavy atom. The van der Waals surface area contributed by atoms with Crippen LogP contribution in [-0.2, 0) is 16.0 Å². The van der Waals surface area contributed by atoms with E-state index in [1.165, 1.54) is 10.5 Å². The van der Waals surface area contributed by atoms with Crippen LogP contribution < -0.4 is 10.6 Å². The number of nitrogens with zero attached hydrogens (tertiary/aromatic N) is 1. The highest BCUT2D eigenvalue weighted by Crippen LogP contribution is 2.35. The van der Waals surface area contributed by atoms with Crippen LogP contribution in [0.15, 0.2) is 24.3 Å². The highest BCUT2D eigenvalue weighted by atomic mass is 16.2. The molecule has 1 aliphatic heterocycles. The van der Waals surface area contributed by atoms with E-state index in [9.17, 15) is 14.4 Å². The van der Waals surface area contributed by atoms with Gasteiger partial charge >= 0.3 is 6.03 Å². The number of urea groups is 1. The fraction of sp³-hybridized carbons (Fsp3) is 0.609. The van der Waals surface area contributed by atoms with E-state index < -0.39 is 5.54 Å². The number of nitrogens with one attached hydrogen (secondary N) is 2. The number of imide groups is 1. The monoisotopic (exact) mass is 399 g/mol. The van der Waals surface area contributed by atoms with E-state index in [1.54, 1.807) is 0 Å². The number of hydrogen-bond donors (Lipinski definition) is 2. The van der Waals surface area contributed by atoms with E-state index in [-0.39, 0.29) is 36.3 Å². The first-order chi connectivity index (χ1) is 13.9. The summed E-state index contributed by atoms with van der Waals surface area (Å²) in [6.07, 6.45) is 5.14. The predicted molar refractivity (Wildman–Crippen MR) is 112 cm³/mol. The molecule has 29 heavy (non-hydrogen) atoms. The SMILES string of the molecule is CCc1ccc(C(NC(=O)CCCN2C(=O)NC3(CCCC3)C2=O)C(C)C)cc1. The molecule has 1 heterocycles. The third-order valence-electron chi connectivity index (χ3n) is 6.22. The molecule has 2 N–H and O–H groups in total. The van der Waals surface area contributed by atoms with Gasteiger partial charge in [0.1, 0.15) is 5.54 Å². The van der Waals surface area contributed by atoms with Crippen LogP contribution in [0.4, 0.5) is 4.79 Å². The lowest BCUT2D eigenvalue weighted by atomic mass is 9.94. The first kappa shape index (κ1) is 21.3. The van der Waals surface area contributed by atoms with E-state index in [1.807, 2.05) is 0 Å². The molecule has 1 saturated carbocycles. The molecular weight excluding hydrogens is 366 g/mol. The molecule has 1 aromatic rings. The van der Waals surface area contributed by atoms with E-state index in [0.29, 0.717) is 12.8 Å². The Kier molecular flexibility index (Phi) is 6.60. The minimum absolute atomic E-state index is 0.0492. The fourth-order valence-corrected chi connectivity index (χ4v) is 4.44. The zero-order valence-corrected chi connectivity index (χ0v) is 17.8. The van der Waals surface area contributed by atoms with Crippen LogP contribution in [-0.4, -0.2) is 34.8 Å². The van der Waals surface area contributed by atoms with Gasteiger partial charge in [-0.1, -0.05) is 57.9 Å². The molecule has 6 heteroatoms. The van der Waals surface area contributed by atoms with Crippen molar-refractivity contribution >= 4 is 17.8 Å². The highest BCUT2D eigenvalue weighted by molar-refractivity contribution is 6.07. The Hall–Kier alpha value is -2.37. The first-order valence-electron chi connectivity index (χ1n) is 10.9. The molecule has 158 valence electrons. The number of amides is 4. The summed E-state index contributed by atoms with van der Waals surface area (Å²) in [7, 11) is 0. The standard InChI is InChI=1S/C23H33N3O3/c1-4-17-9-11-18(12-10-17)20(16(2)3)24-19(27)8-7-15-26-21(28)23(25-22(26)29)13-5-6-14-23/h9-12,16,20H,4-8,13-15H2,1-3H3,(H,24,27)(H,25,29). The summed E-state index contributed by atoms with van der Waals surface area (Å²) < 4.78 is 0. The van der Waals surface area contributed by atoms with Gasteiger partial charge in [-0.2, -0.15) is 0 Å². The van der Waals surface area contributed by atoms with Gasteiger partial charge in [-0.05, 0) is 42.7 Å². The van der Waals surface area contributed by atoms with Crippen LogP contribution in [0.5, 0.6) is 0 Å². The Morgan fingerprint density at radius 1 is 1.17 bits per heavy atom. The fourth-order valence-electron chi connectivity index (χ4n) is 4.44. The van der Waals surface area contributed by atoms with Crippen molar-refractivity contribution in [3.63, 3.8) is 0 Å². The van der Waals surface area contributed by atoms with Crippen molar-refractivity contribution in [2.75, 3.05) is 6.54 Å². The molecule has 2 fully saturated rings. The summed E-state index contributed by atoms with van der Waals surface area (Å²) in [5.74, 6) is 0.0990. The second-order valence-corrected chi connectivity index (χ2v) is 8.66. The summed E-state index contributed by atoms with van der Waals surface area (Å²) in [5.41, 5.74) is 1.70. The third kappa shape index (κ3) is 4.62. The van der Waals surface area contributed by atoms with Gasteiger partial charge in [-0.25, -0.2) is 4.79 Å². The maximum atomic E-state index is 12.7. The zero-order chi connectivity index (χ0) is 21.0. The molecule has 4 amide bonds. The molecule has 1 saturated heterocycles. The van der Waals surface area contributed by atoms with Gasteiger partial charge in [0.15, 0.2) is 0 Å². The van der Waals surface area contributed by atoms with Crippen LogP contribution >= 0.6 is 0 Å². The minimum atomic E-state index is -0.674. The van der Waals surface area contributed by atoms with E-state index in [2.05, 4.69) is 55.7 Å². The third-order valence-corrected chi connectivity index (χ3v) is 6.22. The molecular formula is C23H33N3O3. The normalized spacial score (nSPS) is 19.1. The lowest BCUT2D eigenvalue weighted by Crippen LogP contribution is -2.44. The van der Waals surface area contributed by atoms with E-state index >= 15 is 0 Å². The smallest absolute Gasteiger partial charge is 0.325 e. The van der Waals surface area contributed by atoms with E-state index in [4.69, 9.17) is 0 Å². The van der Waals surface area contributed by atoms with Gasteiger partial charge in [-0.3, -0.25) is 14.5 Å². The molecule has 0 radical (unpaired) electrons. The van der Waals surface area contributed by atoms with Gasteiger partial charge in [0.05, 0.1) is 6.04 Å². The lowest BCUT2D eigenvalue weighted by molar-refractivity contribution is -0.131. The predicted octanol–water partition coefficient (Wildman–Crippen LogP) is 3.71. The topological polar surface area (TPSA) is 78.5 Å². The van der Waals surface area contributed by atoms with Crippen molar-refractivity contribution in [3.05, 3.63) is 35.4 Å². The Balaban J connectivity index is 1.52. The number of hydrogen-bond acceptors (Lipinski definition) is 3. The second-order valence-electron chi connectivity index (χ2n) is 8.66. The highest BCUT2D eigenvalue weighted by Gasteiger charge is 2.52. The number of carbonyl (C=O) groups excluding carboxylic acids is 3. The first-order valence-corrected chi connectivity index (χ1v) is 10.9. The molecule has 1 unspecified atom stereocenters.